The number of hydrogen-bond donors (Lipinski definition) is 3. The number of nitrogen functional groups attached to an aromatic ring is 1. The molecule has 0 radical (unpaired) electrons. The Labute approximate surface area is 121 Å². The van der Waals surface area contributed by atoms with Gasteiger partial charge in [0.1, 0.15) is 0 Å². The summed E-state index contributed by atoms with van der Waals surface area (Å²) in [4.78, 5) is 4.32. The van der Waals surface area contributed by atoms with Crippen molar-refractivity contribution in [1.29, 1.82) is 0 Å². The second kappa shape index (κ2) is 6.73. The summed E-state index contributed by atoms with van der Waals surface area (Å²) >= 11 is 3.47. The fourth-order valence-corrected chi connectivity index (χ4v) is 2.37. The highest BCUT2D eigenvalue weighted by Gasteiger charge is 2.06. The highest BCUT2D eigenvalue weighted by molar-refractivity contribution is 9.10. The summed E-state index contributed by atoms with van der Waals surface area (Å²) in [6.07, 6.45) is 4.56. The summed E-state index contributed by atoms with van der Waals surface area (Å²) in [5, 5.41) is 13.1. The molecule has 0 fully saturated rings. The van der Waals surface area contributed by atoms with E-state index in [0.29, 0.717) is 5.69 Å². The second-order valence-corrected chi connectivity index (χ2v) is 5.38. The standard InChI is InChI=1S/C14H18BrN3O/c15-10-4-5-13-11(8-10)14(12(16)9-18-13)17-6-2-1-3-7-19/h4-5,8-9,19H,1-3,6-7,16H2,(H,17,18). The van der Waals surface area contributed by atoms with Gasteiger partial charge in [0.2, 0.25) is 0 Å². The summed E-state index contributed by atoms with van der Waals surface area (Å²) < 4.78 is 1.01. The number of fused-ring (bicyclic) bond motifs is 1. The number of anilines is 2. The summed E-state index contributed by atoms with van der Waals surface area (Å²) in [5.74, 6) is 0. The van der Waals surface area contributed by atoms with E-state index in [1.165, 1.54) is 0 Å². The number of unbranched alkanes of at least 4 members (excludes halogenated alkanes) is 2. The van der Waals surface area contributed by atoms with Crippen LogP contribution < -0.4 is 11.1 Å². The number of aliphatic hydroxyl groups is 1. The molecule has 4 N–H and O–H groups in total. The predicted molar refractivity (Wildman–Crippen MR) is 83.3 cm³/mol. The van der Waals surface area contributed by atoms with E-state index < -0.39 is 0 Å². The molecule has 2 rings (SSSR count). The highest BCUT2D eigenvalue weighted by Crippen LogP contribution is 2.29. The van der Waals surface area contributed by atoms with Crippen LogP contribution in [0.15, 0.2) is 28.9 Å². The molecule has 0 atom stereocenters. The van der Waals surface area contributed by atoms with E-state index in [1.807, 2.05) is 18.2 Å². The van der Waals surface area contributed by atoms with E-state index in [9.17, 15) is 0 Å². The molecule has 0 saturated heterocycles. The lowest BCUT2D eigenvalue weighted by Crippen LogP contribution is -2.05. The van der Waals surface area contributed by atoms with Gasteiger partial charge in [-0.2, -0.15) is 0 Å². The minimum absolute atomic E-state index is 0.257. The lowest BCUT2D eigenvalue weighted by Gasteiger charge is -2.12. The Bertz CT molecular complexity index is 554. The number of rotatable bonds is 6. The van der Waals surface area contributed by atoms with Crippen molar-refractivity contribution in [2.75, 3.05) is 24.2 Å². The molecule has 0 aliphatic carbocycles. The lowest BCUT2D eigenvalue weighted by atomic mass is 10.1. The zero-order chi connectivity index (χ0) is 13.7. The minimum atomic E-state index is 0.257. The van der Waals surface area contributed by atoms with Crippen LogP contribution in [0.4, 0.5) is 11.4 Å². The van der Waals surface area contributed by atoms with E-state index >= 15 is 0 Å². The molecular weight excluding hydrogens is 306 g/mol. The quantitative estimate of drug-likeness (QED) is 0.714. The van der Waals surface area contributed by atoms with Crippen molar-refractivity contribution in [2.45, 2.75) is 19.3 Å². The van der Waals surface area contributed by atoms with Crippen LogP contribution in [0.1, 0.15) is 19.3 Å². The van der Waals surface area contributed by atoms with Crippen molar-refractivity contribution in [3.8, 4) is 0 Å². The van der Waals surface area contributed by atoms with Crippen LogP contribution in [0.3, 0.4) is 0 Å². The Kier molecular flexibility index (Phi) is 4.99. The first-order valence-corrected chi connectivity index (χ1v) is 7.20. The molecule has 102 valence electrons. The van der Waals surface area contributed by atoms with Crippen LogP contribution in [0, 0.1) is 0 Å². The fraction of sp³-hybridized carbons (Fsp3) is 0.357. The van der Waals surface area contributed by atoms with Gasteiger partial charge >= 0.3 is 0 Å². The number of aromatic nitrogens is 1. The summed E-state index contributed by atoms with van der Waals surface area (Å²) in [6, 6.07) is 5.96. The largest absolute Gasteiger partial charge is 0.396 e. The van der Waals surface area contributed by atoms with Crippen molar-refractivity contribution in [2.24, 2.45) is 0 Å². The molecule has 5 heteroatoms. The van der Waals surface area contributed by atoms with E-state index in [-0.39, 0.29) is 6.61 Å². The Balaban J connectivity index is 2.16. The zero-order valence-electron chi connectivity index (χ0n) is 10.7. The molecule has 1 heterocycles. The maximum atomic E-state index is 8.74. The van der Waals surface area contributed by atoms with E-state index in [2.05, 4.69) is 26.2 Å². The third kappa shape index (κ3) is 3.58. The first kappa shape index (κ1) is 14.1. The molecule has 1 aromatic heterocycles. The van der Waals surface area contributed by atoms with Crippen LogP contribution in [0.5, 0.6) is 0 Å². The van der Waals surface area contributed by atoms with Gasteiger partial charge in [-0.15, -0.1) is 0 Å². The van der Waals surface area contributed by atoms with Crippen molar-refractivity contribution in [1.82, 2.24) is 4.98 Å². The number of hydrogen-bond acceptors (Lipinski definition) is 4. The molecule has 1 aromatic carbocycles. The average molecular weight is 324 g/mol. The maximum Gasteiger partial charge on any atom is 0.0743 e. The third-order valence-electron chi connectivity index (χ3n) is 3.00. The number of nitrogens with zero attached hydrogens (tertiary/aromatic N) is 1. The third-order valence-corrected chi connectivity index (χ3v) is 3.49. The van der Waals surface area contributed by atoms with E-state index in [1.54, 1.807) is 6.20 Å². The number of nitrogens with one attached hydrogen (secondary N) is 1. The second-order valence-electron chi connectivity index (χ2n) is 4.46. The van der Waals surface area contributed by atoms with Crippen LogP contribution >= 0.6 is 15.9 Å². The molecule has 0 bridgehead atoms. The van der Waals surface area contributed by atoms with Gasteiger partial charge in [0.15, 0.2) is 0 Å². The summed E-state index contributed by atoms with van der Waals surface area (Å²) in [6.45, 7) is 1.10. The highest BCUT2D eigenvalue weighted by atomic mass is 79.9. The number of aliphatic hydroxyl groups excluding tert-OH is 1. The molecule has 2 aromatic rings. The molecular formula is C14H18BrN3O. The zero-order valence-corrected chi connectivity index (χ0v) is 12.3. The molecule has 0 amide bonds. The van der Waals surface area contributed by atoms with Crippen LogP contribution in [-0.4, -0.2) is 23.2 Å². The van der Waals surface area contributed by atoms with Gasteiger partial charge in [-0.05, 0) is 37.5 Å². The number of halogens is 1. The van der Waals surface area contributed by atoms with Gasteiger partial charge in [-0.3, -0.25) is 4.98 Å². The van der Waals surface area contributed by atoms with Crippen molar-refractivity contribution < 1.29 is 5.11 Å². The number of nitrogens with two attached hydrogens (primary N) is 1. The summed E-state index contributed by atoms with van der Waals surface area (Å²) in [7, 11) is 0. The average Bonchev–Trinajstić information content (AvgIpc) is 2.40. The normalized spacial score (nSPS) is 10.8. The maximum absolute atomic E-state index is 8.74. The van der Waals surface area contributed by atoms with Crippen LogP contribution in [0.2, 0.25) is 0 Å². The SMILES string of the molecule is Nc1cnc2ccc(Br)cc2c1NCCCCCO. The smallest absolute Gasteiger partial charge is 0.0743 e. The Hall–Kier alpha value is -1.33. The van der Waals surface area contributed by atoms with Gasteiger partial charge in [-0.1, -0.05) is 15.9 Å². The Morgan fingerprint density at radius 3 is 2.89 bits per heavy atom. The van der Waals surface area contributed by atoms with Crippen LogP contribution in [0.25, 0.3) is 10.9 Å². The molecule has 0 aliphatic heterocycles. The summed E-state index contributed by atoms with van der Waals surface area (Å²) in [5.41, 5.74) is 8.52. The molecule has 0 aliphatic rings. The predicted octanol–water partition coefficient (Wildman–Crippen LogP) is 3.15. The van der Waals surface area contributed by atoms with Gasteiger partial charge in [-0.25, -0.2) is 0 Å². The first-order chi connectivity index (χ1) is 9.22. The van der Waals surface area contributed by atoms with Gasteiger partial charge in [0.05, 0.1) is 23.1 Å². The molecule has 0 spiro atoms. The number of pyridine rings is 1. The van der Waals surface area contributed by atoms with Gasteiger partial charge in [0, 0.05) is 23.0 Å². The van der Waals surface area contributed by atoms with E-state index in [0.717, 1.165) is 46.9 Å². The van der Waals surface area contributed by atoms with Gasteiger partial charge in [0.25, 0.3) is 0 Å². The van der Waals surface area contributed by atoms with Crippen molar-refractivity contribution in [3.63, 3.8) is 0 Å². The Morgan fingerprint density at radius 2 is 2.11 bits per heavy atom. The molecule has 0 unspecified atom stereocenters. The number of benzene rings is 1. The van der Waals surface area contributed by atoms with Crippen LogP contribution in [-0.2, 0) is 0 Å². The Morgan fingerprint density at radius 1 is 1.26 bits per heavy atom. The monoisotopic (exact) mass is 323 g/mol. The van der Waals surface area contributed by atoms with Gasteiger partial charge < -0.3 is 16.2 Å². The lowest BCUT2D eigenvalue weighted by molar-refractivity contribution is 0.283. The molecule has 0 saturated carbocycles. The first-order valence-electron chi connectivity index (χ1n) is 6.41. The molecule has 19 heavy (non-hydrogen) atoms. The van der Waals surface area contributed by atoms with Crippen molar-refractivity contribution in [3.05, 3.63) is 28.9 Å². The minimum Gasteiger partial charge on any atom is -0.396 e. The van der Waals surface area contributed by atoms with E-state index in [4.69, 9.17) is 10.8 Å². The van der Waals surface area contributed by atoms with Crippen molar-refractivity contribution >= 4 is 38.2 Å². The molecule has 4 nitrogen and oxygen atoms in total. The topological polar surface area (TPSA) is 71.2 Å². The fourth-order valence-electron chi connectivity index (χ4n) is 2.00.